The molecule has 1 aromatic heterocycles. The molecule has 0 radical (unpaired) electrons. The number of hydrogen-bond acceptors (Lipinski definition) is 9. The van der Waals surface area contributed by atoms with Crippen molar-refractivity contribution in [3.8, 4) is 17.0 Å². The van der Waals surface area contributed by atoms with Gasteiger partial charge >= 0.3 is 12.4 Å². The molecule has 1 unspecified atom stereocenters. The minimum absolute atomic E-state index is 0.0613. The summed E-state index contributed by atoms with van der Waals surface area (Å²) in [4.78, 5) is 50.4. The summed E-state index contributed by atoms with van der Waals surface area (Å²) in [5, 5.41) is 4.44. The molecule has 2 aliphatic heterocycles. The van der Waals surface area contributed by atoms with Gasteiger partial charge in [-0.25, -0.2) is 19.4 Å². The molecule has 2 saturated heterocycles. The molecule has 53 heavy (non-hydrogen) atoms. The Kier molecular flexibility index (Phi) is 10.5. The van der Waals surface area contributed by atoms with Crippen molar-refractivity contribution in [1.29, 1.82) is 0 Å². The SMILES string of the molecule is CN1N(Cc2ccc(OCCN3CCOCC3)c(F)c2F)C(=O)C(C(=O)Nc2ccc(C(F)(F)F)cc2-c2cc(C(F)(F)F)ncn2)C(=O)C12CCC2. The minimum Gasteiger partial charge on any atom is -0.489 e. The number of ether oxygens (including phenoxy) is 2. The molecule has 2 amide bonds. The van der Waals surface area contributed by atoms with Crippen LogP contribution < -0.4 is 10.1 Å². The van der Waals surface area contributed by atoms with E-state index in [9.17, 15) is 40.7 Å². The number of carbonyl (C=O) groups is 3. The van der Waals surface area contributed by atoms with Crippen LogP contribution in [0, 0.1) is 17.6 Å². The lowest BCUT2D eigenvalue weighted by Gasteiger charge is -2.55. The van der Waals surface area contributed by atoms with Gasteiger partial charge in [-0.3, -0.25) is 24.3 Å². The van der Waals surface area contributed by atoms with Gasteiger partial charge in [-0.2, -0.15) is 30.7 Å². The van der Waals surface area contributed by atoms with E-state index in [0.29, 0.717) is 63.8 Å². The number of benzene rings is 2. The number of Topliss-reactive ketones (excluding diaryl/α,β-unsaturated/α-hetero) is 1. The normalized spacial score (nSPS) is 19.7. The highest BCUT2D eigenvalue weighted by Gasteiger charge is 2.60. The second-order valence-corrected chi connectivity index (χ2v) is 12.8. The van der Waals surface area contributed by atoms with E-state index in [1.165, 1.54) is 24.2 Å². The van der Waals surface area contributed by atoms with Crippen LogP contribution in [0.4, 0.5) is 40.8 Å². The topological polar surface area (TPSA) is 117 Å². The lowest BCUT2D eigenvalue weighted by molar-refractivity contribution is -0.196. The maximum atomic E-state index is 15.4. The summed E-state index contributed by atoms with van der Waals surface area (Å²) in [5.41, 5.74) is -6.19. The van der Waals surface area contributed by atoms with Crippen molar-refractivity contribution < 1.29 is 59.0 Å². The molecule has 1 aliphatic carbocycles. The molecule has 1 spiro atoms. The van der Waals surface area contributed by atoms with Gasteiger partial charge in [-0.05, 0) is 49.6 Å². The van der Waals surface area contributed by atoms with Gasteiger partial charge in [0.05, 0.1) is 42.2 Å². The second kappa shape index (κ2) is 14.6. The molecule has 3 fully saturated rings. The molecule has 19 heteroatoms. The van der Waals surface area contributed by atoms with Gasteiger partial charge in [-0.1, -0.05) is 6.07 Å². The predicted molar refractivity (Wildman–Crippen MR) is 169 cm³/mol. The first-order valence-corrected chi connectivity index (χ1v) is 16.4. The quantitative estimate of drug-likeness (QED) is 0.235. The number of aromatic nitrogens is 2. The van der Waals surface area contributed by atoms with E-state index in [0.717, 1.165) is 11.1 Å². The highest BCUT2D eigenvalue weighted by molar-refractivity contribution is 6.25. The fourth-order valence-corrected chi connectivity index (χ4v) is 6.55. The molecule has 3 aliphatic rings. The highest BCUT2D eigenvalue weighted by Crippen LogP contribution is 2.45. The van der Waals surface area contributed by atoms with E-state index in [1.54, 1.807) is 0 Å². The molecule has 1 saturated carbocycles. The van der Waals surface area contributed by atoms with Crippen molar-refractivity contribution in [3.05, 3.63) is 71.2 Å². The van der Waals surface area contributed by atoms with Crippen LogP contribution in [0.1, 0.15) is 36.1 Å². The monoisotopic (exact) mass is 756 g/mol. The first kappa shape index (κ1) is 38.0. The summed E-state index contributed by atoms with van der Waals surface area (Å²) < 4.78 is 123. The first-order chi connectivity index (χ1) is 25.0. The van der Waals surface area contributed by atoms with Crippen LogP contribution in [0.3, 0.4) is 0 Å². The van der Waals surface area contributed by atoms with Crippen LogP contribution in [0.15, 0.2) is 42.7 Å². The number of rotatable bonds is 9. The van der Waals surface area contributed by atoms with Gasteiger partial charge in [-0.15, -0.1) is 0 Å². The van der Waals surface area contributed by atoms with Crippen LogP contribution in [0.25, 0.3) is 11.3 Å². The summed E-state index contributed by atoms with van der Waals surface area (Å²) >= 11 is 0. The molecule has 6 rings (SSSR count). The summed E-state index contributed by atoms with van der Waals surface area (Å²) in [6.45, 7) is 2.31. The second-order valence-electron chi connectivity index (χ2n) is 12.8. The average molecular weight is 757 g/mol. The number of ketones is 1. The Bertz CT molecular complexity index is 1900. The summed E-state index contributed by atoms with van der Waals surface area (Å²) in [6.07, 6.45) is -8.56. The number of hydrogen-bond donors (Lipinski definition) is 1. The third-order valence-electron chi connectivity index (χ3n) is 9.70. The van der Waals surface area contributed by atoms with Gasteiger partial charge in [0.2, 0.25) is 11.7 Å². The average Bonchev–Trinajstić information content (AvgIpc) is 3.08. The zero-order valence-corrected chi connectivity index (χ0v) is 28.0. The van der Waals surface area contributed by atoms with Gasteiger partial charge in [0.15, 0.2) is 23.3 Å². The van der Waals surface area contributed by atoms with Gasteiger partial charge in [0.1, 0.15) is 18.6 Å². The van der Waals surface area contributed by atoms with Crippen molar-refractivity contribution >= 4 is 23.3 Å². The minimum atomic E-state index is -4.99. The van der Waals surface area contributed by atoms with E-state index in [2.05, 4.69) is 15.3 Å². The van der Waals surface area contributed by atoms with E-state index >= 15 is 8.78 Å². The first-order valence-electron chi connectivity index (χ1n) is 16.4. The Hall–Kier alpha value is -4.75. The largest absolute Gasteiger partial charge is 0.489 e. The Morgan fingerprint density at radius 2 is 1.70 bits per heavy atom. The molecular weight excluding hydrogens is 724 g/mol. The van der Waals surface area contributed by atoms with Crippen molar-refractivity contribution in [2.75, 3.05) is 51.8 Å². The number of alkyl halides is 6. The molecular formula is C34H32F8N6O5. The Morgan fingerprint density at radius 3 is 2.34 bits per heavy atom. The van der Waals surface area contributed by atoms with Gasteiger partial charge in [0.25, 0.3) is 5.91 Å². The van der Waals surface area contributed by atoms with Crippen molar-refractivity contribution in [3.63, 3.8) is 0 Å². The summed E-state index contributed by atoms with van der Waals surface area (Å²) in [6, 6.07) is 4.55. The number of carbonyl (C=O) groups excluding carboxylic acids is 3. The molecule has 284 valence electrons. The van der Waals surface area contributed by atoms with E-state index in [4.69, 9.17) is 9.47 Å². The number of nitrogens with zero attached hydrogens (tertiary/aromatic N) is 5. The van der Waals surface area contributed by atoms with Crippen LogP contribution in [-0.2, 0) is 38.0 Å². The van der Waals surface area contributed by atoms with E-state index < -0.39 is 87.8 Å². The number of halogens is 8. The molecule has 11 nitrogen and oxygen atoms in total. The third kappa shape index (κ3) is 7.54. The van der Waals surface area contributed by atoms with Crippen molar-refractivity contribution in [2.24, 2.45) is 5.92 Å². The van der Waals surface area contributed by atoms with Crippen LogP contribution in [0.2, 0.25) is 0 Å². The van der Waals surface area contributed by atoms with Gasteiger partial charge in [0, 0.05) is 37.8 Å². The zero-order chi connectivity index (χ0) is 38.3. The number of hydrazine groups is 1. The fraction of sp³-hybridized carbons (Fsp3) is 0.441. The highest BCUT2D eigenvalue weighted by atomic mass is 19.4. The van der Waals surface area contributed by atoms with E-state index in [-0.39, 0.29) is 30.8 Å². The fourth-order valence-electron chi connectivity index (χ4n) is 6.55. The number of anilines is 1. The van der Waals surface area contributed by atoms with Crippen molar-refractivity contribution in [1.82, 2.24) is 24.9 Å². The smallest absolute Gasteiger partial charge is 0.433 e. The van der Waals surface area contributed by atoms with Crippen LogP contribution in [0.5, 0.6) is 5.75 Å². The molecule has 0 bridgehead atoms. The number of amides is 2. The zero-order valence-electron chi connectivity index (χ0n) is 28.0. The van der Waals surface area contributed by atoms with Crippen LogP contribution in [-0.4, -0.2) is 94.5 Å². The summed E-state index contributed by atoms with van der Waals surface area (Å²) in [5.74, 6) is -8.39. The molecule has 3 aromatic rings. The van der Waals surface area contributed by atoms with E-state index in [1.807, 2.05) is 4.90 Å². The number of likely N-dealkylation sites (N-methyl/N-ethyl adjacent to an activating group) is 1. The molecule has 2 aromatic carbocycles. The third-order valence-corrected chi connectivity index (χ3v) is 9.70. The molecule has 1 atom stereocenters. The molecule has 1 N–H and O–H groups in total. The maximum Gasteiger partial charge on any atom is 0.433 e. The van der Waals surface area contributed by atoms with Crippen LogP contribution >= 0.6 is 0 Å². The van der Waals surface area contributed by atoms with Gasteiger partial charge < -0.3 is 14.8 Å². The van der Waals surface area contributed by atoms with Crippen molar-refractivity contribution in [2.45, 2.75) is 43.7 Å². The summed E-state index contributed by atoms with van der Waals surface area (Å²) in [7, 11) is 1.39. The standard InChI is InChI=1S/C34H32F8N6O5/c1-46-32(7-2-8-32)29(49)26(31(51)48(46)17-19-3-6-24(28(36)27(19)35)53-14-11-47-9-12-52-13-10-47)30(50)45-22-5-4-20(33(37,38)39)15-21(22)23-16-25(34(40,41)42)44-18-43-23/h3-6,15-16,18,26H,2,7-14,17H2,1H3,(H,45,50). The Morgan fingerprint density at radius 1 is 0.981 bits per heavy atom. The number of morpholine rings is 1. The maximum absolute atomic E-state index is 15.4. The number of nitrogens with one attached hydrogen (secondary N) is 1. The molecule has 3 heterocycles. The lowest BCUT2D eigenvalue weighted by Crippen LogP contribution is -2.72. The lowest BCUT2D eigenvalue weighted by atomic mass is 9.68. The Labute approximate surface area is 296 Å². The Balaban J connectivity index is 1.27. The predicted octanol–water partition coefficient (Wildman–Crippen LogP) is 5.11.